The third-order valence-electron chi connectivity index (χ3n) is 8.15. The summed E-state index contributed by atoms with van der Waals surface area (Å²) in [4.78, 5) is 18.9. The Morgan fingerprint density at radius 3 is 2.75 bits per heavy atom. The van der Waals surface area contributed by atoms with Crippen molar-refractivity contribution in [3.05, 3.63) is 120 Å². The Balaban J connectivity index is 1.05. The second-order valence-electron chi connectivity index (χ2n) is 10.8. The van der Waals surface area contributed by atoms with Crippen molar-refractivity contribution in [2.24, 2.45) is 0 Å². The van der Waals surface area contributed by atoms with E-state index in [4.69, 9.17) is 0 Å². The van der Waals surface area contributed by atoms with Crippen LogP contribution in [0, 0.1) is 5.95 Å². The number of carbonyl (C=O) groups excluding carboxylic acids is 1. The lowest BCUT2D eigenvalue weighted by atomic mass is 9.99. The minimum atomic E-state index is -0.528. The predicted octanol–water partition coefficient (Wildman–Crippen LogP) is 6.76. The topological polar surface area (TPSA) is 105 Å². The Kier molecular flexibility index (Phi) is 6.11. The summed E-state index contributed by atoms with van der Waals surface area (Å²) in [6.07, 6.45) is 4.01. The van der Waals surface area contributed by atoms with Gasteiger partial charge in [0.1, 0.15) is 11.4 Å². The molecule has 9 nitrogen and oxygen atoms in total. The summed E-state index contributed by atoms with van der Waals surface area (Å²) >= 11 is 0. The number of hydrogen-bond donors (Lipinski definition) is 2. The van der Waals surface area contributed by atoms with Crippen molar-refractivity contribution in [2.75, 3.05) is 11.9 Å². The van der Waals surface area contributed by atoms with Crippen LogP contribution in [0.4, 0.5) is 14.9 Å². The first-order valence-electron chi connectivity index (χ1n) is 14.3. The van der Waals surface area contributed by atoms with E-state index in [9.17, 15) is 9.18 Å². The third-order valence-corrected chi connectivity index (χ3v) is 8.15. The first-order valence-corrected chi connectivity index (χ1v) is 14.3. The number of aromatic amines is 1. The lowest BCUT2D eigenvalue weighted by molar-refractivity contribution is 0.206. The number of hydrogen-bond acceptors (Lipinski definition) is 5. The Morgan fingerprint density at radius 1 is 0.909 bits per heavy atom. The molecule has 0 aliphatic carbocycles. The molecule has 2 N–H and O–H groups in total. The molecular weight excluding hydrogens is 555 g/mol. The van der Waals surface area contributed by atoms with Crippen LogP contribution in [0.5, 0.6) is 0 Å². The molecule has 7 aromatic rings. The largest absolute Gasteiger partial charge is 0.322 e. The first kappa shape index (κ1) is 25.8. The Labute approximate surface area is 251 Å². The van der Waals surface area contributed by atoms with Crippen molar-refractivity contribution < 1.29 is 9.18 Å². The van der Waals surface area contributed by atoms with Gasteiger partial charge in [0.15, 0.2) is 0 Å². The lowest BCUT2D eigenvalue weighted by Gasteiger charge is -2.29. The van der Waals surface area contributed by atoms with Gasteiger partial charge in [-0.05, 0) is 71.0 Å². The second-order valence-corrected chi connectivity index (χ2v) is 10.8. The molecule has 0 bridgehead atoms. The molecule has 0 atom stereocenters. The van der Waals surface area contributed by atoms with Gasteiger partial charge in [-0.25, -0.2) is 14.5 Å². The number of pyridine rings is 1. The number of halogens is 1. The fraction of sp³-hybridized carbons (Fsp3) is 0.0882. The van der Waals surface area contributed by atoms with Crippen LogP contribution < -0.4 is 5.32 Å². The summed E-state index contributed by atoms with van der Waals surface area (Å²) in [5.74, 6) is -0.528. The molecule has 0 saturated heterocycles. The van der Waals surface area contributed by atoms with Gasteiger partial charge in [-0.15, -0.1) is 5.10 Å². The highest BCUT2D eigenvalue weighted by Gasteiger charge is 2.22. The maximum atomic E-state index is 14.4. The summed E-state index contributed by atoms with van der Waals surface area (Å²) in [5.41, 5.74) is 7.01. The molecule has 3 aromatic heterocycles. The molecule has 0 unspecified atom stereocenters. The van der Waals surface area contributed by atoms with Crippen LogP contribution in [0.15, 0.2) is 103 Å². The van der Waals surface area contributed by atoms with Crippen LogP contribution in [0.25, 0.3) is 49.9 Å². The van der Waals surface area contributed by atoms with Crippen LogP contribution in [0.1, 0.15) is 11.1 Å². The average Bonchev–Trinajstić information content (AvgIpc) is 3.72. The Bertz CT molecular complexity index is 2200. The fourth-order valence-electron chi connectivity index (χ4n) is 5.86. The number of amides is 2. The van der Waals surface area contributed by atoms with Gasteiger partial charge >= 0.3 is 6.03 Å². The molecule has 0 radical (unpaired) electrons. The summed E-state index contributed by atoms with van der Waals surface area (Å²) in [6, 6.07) is 28.9. The Morgan fingerprint density at radius 2 is 1.82 bits per heavy atom. The maximum absolute atomic E-state index is 14.4. The lowest BCUT2D eigenvalue weighted by Crippen LogP contribution is -2.39. The quantitative estimate of drug-likeness (QED) is 0.224. The number of H-pyrrole nitrogens is 1. The molecule has 2 amide bonds. The molecule has 1 aliphatic rings. The van der Waals surface area contributed by atoms with Crippen LogP contribution in [-0.4, -0.2) is 47.7 Å². The zero-order chi connectivity index (χ0) is 29.6. The summed E-state index contributed by atoms with van der Waals surface area (Å²) in [7, 11) is 0. The van der Waals surface area contributed by atoms with Crippen molar-refractivity contribution in [1.82, 2.24) is 35.1 Å². The highest BCUT2D eigenvalue weighted by Crippen LogP contribution is 2.31. The van der Waals surface area contributed by atoms with Crippen molar-refractivity contribution >= 4 is 33.4 Å². The second kappa shape index (κ2) is 10.4. The summed E-state index contributed by atoms with van der Waals surface area (Å²) < 4.78 is 16.1. The van der Waals surface area contributed by atoms with Gasteiger partial charge in [-0.3, -0.25) is 5.10 Å². The predicted molar refractivity (Wildman–Crippen MR) is 167 cm³/mol. The van der Waals surface area contributed by atoms with Gasteiger partial charge < -0.3 is 10.2 Å². The van der Waals surface area contributed by atoms with E-state index in [0.29, 0.717) is 35.6 Å². The number of aromatic nitrogens is 6. The molecular formula is C34H25FN8O. The van der Waals surface area contributed by atoms with E-state index in [1.54, 1.807) is 16.8 Å². The maximum Gasteiger partial charge on any atom is 0.322 e. The number of rotatable bonds is 4. The number of nitrogens with one attached hydrogen (secondary N) is 2. The van der Waals surface area contributed by atoms with Gasteiger partial charge in [-0.1, -0.05) is 53.7 Å². The highest BCUT2D eigenvalue weighted by atomic mass is 19.1. The highest BCUT2D eigenvalue weighted by molar-refractivity contribution is 6.01. The molecule has 0 saturated carbocycles. The molecule has 0 spiro atoms. The number of carbonyl (C=O) groups is 1. The van der Waals surface area contributed by atoms with Gasteiger partial charge in [0, 0.05) is 35.6 Å². The molecule has 1 aliphatic heterocycles. The molecule has 214 valence electrons. The van der Waals surface area contributed by atoms with Gasteiger partial charge in [0.05, 0.1) is 23.1 Å². The zero-order valence-electron chi connectivity index (χ0n) is 23.4. The number of nitrogens with zero attached hydrogens (tertiary/aromatic N) is 6. The molecule has 4 heterocycles. The van der Waals surface area contributed by atoms with Crippen LogP contribution in [0.3, 0.4) is 0 Å². The molecule has 44 heavy (non-hydrogen) atoms. The third kappa shape index (κ3) is 4.53. The fourth-order valence-corrected chi connectivity index (χ4v) is 5.86. The average molecular weight is 581 g/mol. The first-order chi connectivity index (χ1) is 21.6. The zero-order valence-corrected chi connectivity index (χ0v) is 23.4. The summed E-state index contributed by atoms with van der Waals surface area (Å²) in [5, 5.41) is 22.3. The van der Waals surface area contributed by atoms with E-state index in [0.717, 1.165) is 45.0 Å². The smallest absolute Gasteiger partial charge is 0.320 e. The van der Waals surface area contributed by atoms with E-state index in [1.807, 2.05) is 77.8 Å². The van der Waals surface area contributed by atoms with Gasteiger partial charge in [0.2, 0.25) is 5.95 Å². The summed E-state index contributed by atoms with van der Waals surface area (Å²) in [6.45, 7) is 1.12. The minimum absolute atomic E-state index is 0.128. The Hall–Kier alpha value is -5.90. The van der Waals surface area contributed by atoms with E-state index in [2.05, 4.69) is 42.9 Å². The monoisotopic (exact) mass is 580 g/mol. The normalized spacial score (nSPS) is 12.9. The van der Waals surface area contributed by atoms with Crippen molar-refractivity contribution in [3.8, 4) is 28.2 Å². The van der Waals surface area contributed by atoms with E-state index in [-0.39, 0.29) is 6.03 Å². The SMILES string of the molecule is O=C(Nc1cccc2ccccc12)N1CCc2ccc(-n3cc(-c4n[nH]c5ccc(-c6cccnc6F)cc45)nn3)cc2C1. The van der Waals surface area contributed by atoms with Gasteiger partial charge in [0.25, 0.3) is 0 Å². The van der Waals surface area contributed by atoms with Crippen molar-refractivity contribution in [2.45, 2.75) is 13.0 Å². The molecule has 8 rings (SSSR count). The van der Waals surface area contributed by atoms with Crippen molar-refractivity contribution in [3.63, 3.8) is 0 Å². The molecule has 4 aromatic carbocycles. The van der Waals surface area contributed by atoms with Crippen LogP contribution >= 0.6 is 0 Å². The minimum Gasteiger partial charge on any atom is -0.320 e. The number of fused-ring (bicyclic) bond motifs is 3. The van der Waals surface area contributed by atoms with Crippen LogP contribution in [0.2, 0.25) is 0 Å². The standard InChI is InChI=1S/C34H25FN8O/c35-33-27(8-4-15-36-33)23-11-13-30-28(18-23)32(40-38-30)31-20-43(41-39-31)25-12-10-21-14-16-42(19-24(21)17-25)34(44)37-29-9-3-6-22-5-1-2-7-26(22)29/h1-13,15,17-18,20H,14,16,19H2,(H,37,44)(H,38,40). The van der Waals surface area contributed by atoms with E-state index in [1.165, 1.54) is 11.8 Å². The van der Waals surface area contributed by atoms with Gasteiger partial charge in [-0.2, -0.15) is 9.49 Å². The number of benzene rings is 4. The van der Waals surface area contributed by atoms with E-state index >= 15 is 0 Å². The number of anilines is 1. The van der Waals surface area contributed by atoms with Crippen molar-refractivity contribution in [1.29, 1.82) is 0 Å². The number of urea groups is 1. The molecule has 0 fully saturated rings. The molecule has 10 heteroatoms. The van der Waals surface area contributed by atoms with E-state index < -0.39 is 5.95 Å². The van der Waals surface area contributed by atoms with Crippen LogP contribution in [-0.2, 0) is 13.0 Å².